The highest BCUT2D eigenvalue weighted by Crippen LogP contribution is 2.18. The van der Waals surface area contributed by atoms with E-state index in [0.29, 0.717) is 22.4 Å². The lowest BCUT2D eigenvalue weighted by atomic mass is 10.1. The zero-order valence-electron chi connectivity index (χ0n) is 11.4. The summed E-state index contributed by atoms with van der Waals surface area (Å²) < 4.78 is 0. The molecule has 3 rings (SSSR count). The third kappa shape index (κ3) is 2.67. The maximum absolute atomic E-state index is 12.0. The van der Waals surface area contributed by atoms with Gasteiger partial charge in [0.05, 0.1) is 10.9 Å². The van der Waals surface area contributed by atoms with Crippen molar-refractivity contribution in [3.8, 4) is 11.4 Å². The van der Waals surface area contributed by atoms with Crippen LogP contribution in [0.3, 0.4) is 0 Å². The van der Waals surface area contributed by atoms with E-state index in [9.17, 15) is 9.59 Å². The number of nitrogens with one attached hydrogen (secondary N) is 2. The van der Waals surface area contributed by atoms with E-state index in [1.165, 1.54) is 6.92 Å². The first kappa shape index (κ1) is 13.1. The van der Waals surface area contributed by atoms with Crippen LogP contribution in [-0.4, -0.2) is 15.9 Å². The number of hydrogen-bond donors (Lipinski definition) is 2. The van der Waals surface area contributed by atoms with Gasteiger partial charge in [0.25, 0.3) is 5.56 Å². The molecular weight excluding hydrogens is 266 g/mol. The van der Waals surface area contributed by atoms with Crippen molar-refractivity contribution < 1.29 is 4.79 Å². The number of rotatable bonds is 2. The SMILES string of the molecule is CC(=O)Nc1ccc(-c2nc3ccccc3c(=O)[nH]2)cc1. The lowest BCUT2D eigenvalue weighted by Crippen LogP contribution is -2.09. The predicted octanol–water partition coefficient (Wildman–Crippen LogP) is 2.55. The Bertz CT molecular complexity index is 867. The maximum atomic E-state index is 12.0. The van der Waals surface area contributed by atoms with E-state index in [-0.39, 0.29) is 11.5 Å². The Balaban J connectivity index is 2.04. The third-order valence-electron chi connectivity index (χ3n) is 3.09. The third-order valence-corrected chi connectivity index (χ3v) is 3.09. The van der Waals surface area contributed by atoms with Gasteiger partial charge in [0, 0.05) is 18.2 Å². The van der Waals surface area contributed by atoms with Crippen molar-refractivity contribution in [1.82, 2.24) is 9.97 Å². The summed E-state index contributed by atoms with van der Waals surface area (Å²) in [6, 6.07) is 14.3. The van der Waals surface area contributed by atoms with Crippen LogP contribution in [0.1, 0.15) is 6.92 Å². The standard InChI is InChI=1S/C16H13N3O2/c1-10(20)17-12-8-6-11(7-9-12)15-18-14-5-3-2-4-13(14)16(21)19-15/h2-9H,1H3,(H,17,20)(H,18,19,21). The van der Waals surface area contributed by atoms with E-state index in [1.54, 1.807) is 42.5 Å². The van der Waals surface area contributed by atoms with Gasteiger partial charge in [-0.1, -0.05) is 12.1 Å². The molecule has 0 aliphatic rings. The van der Waals surface area contributed by atoms with Crippen LogP contribution < -0.4 is 10.9 Å². The number of para-hydroxylation sites is 1. The molecule has 5 nitrogen and oxygen atoms in total. The first-order chi connectivity index (χ1) is 10.1. The molecule has 104 valence electrons. The molecule has 2 aromatic carbocycles. The molecule has 0 unspecified atom stereocenters. The minimum atomic E-state index is -0.165. The second kappa shape index (κ2) is 5.20. The van der Waals surface area contributed by atoms with E-state index < -0.39 is 0 Å². The summed E-state index contributed by atoms with van der Waals surface area (Å²) in [7, 11) is 0. The molecule has 0 aliphatic heterocycles. The molecule has 0 bridgehead atoms. The lowest BCUT2D eigenvalue weighted by Gasteiger charge is -2.05. The molecule has 0 saturated heterocycles. The second-order valence-corrected chi connectivity index (χ2v) is 4.69. The summed E-state index contributed by atoms with van der Waals surface area (Å²) in [6.07, 6.45) is 0. The highest BCUT2D eigenvalue weighted by Gasteiger charge is 2.05. The molecule has 1 heterocycles. The number of H-pyrrole nitrogens is 1. The van der Waals surface area contributed by atoms with Crippen LogP contribution in [0.4, 0.5) is 5.69 Å². The normalized spacial score (nSPS) is 10.5. The maximum Gasteiger partial charge on any atom is 0.259 e. The number of carbonyl (C=O) groups excluding carboxylic acids is 1. The van der Waals surface area contributed by atoms with Crippen LogP contribution in [0.5, 0.6) is 0 Å². The topological polar surface area (TPSA) is 74.8 Å². The Hall–Kier alpha value is -2.95. The quantitative estimate of drug-likeness (QED) is 0.757. The van der Waals surface area contributed by atoms with Crippen molar-refractivity contribution in [1.29, 1.82) is 0 Å². The summed E-state index contributed by atoms with van der Waals surface area (Å²) in [4.78, 5) is 30.2. The molecule has 21 heavy (non-hydrogen) atoms. The molecule has 0 saturated carbocycles. The molecule has 0 spiro atoms. The molecule has 0 radical (unpaired) electrons. The summed E-state index contributed by atoms with van der Waals surface area (Å²) >= 11 is 0. The van der Waals surface area contributed by atoms with Crippen molar-refractivity contribution in [2.75, 3.05) is 5.32 Å². The van der Waals surface area contributed by atoms with Crippen LogP contribution in [0.15, 0.2) is 53.3 Å². The van der Waals surface area contributed by atoms with Gasteiger partial charge in [-0.3, -0.25) is 9.59 Å². The van der Waals surface area contributed by atoms with Crippen molar-refractivity contribution >= 4 is 22.5 Å². The van der Waals surface area contributed by atoms with E-state index in [2.05, 4.69) is 15.3 Å². The highest BCUT2D eigenvalue weighted by atomic mass is 16.1. The monoisotopic (exact) mass is 279 g/mol. The molecule has 3 aromatic rings. The fraction of sp³-hybridized carbons (Fsp3) is 0.0625. The van der Waals surface area contributed by atoms with Crippen molar-refractivity contribution in [3.05, 3.63) is 58.9 Å². The fourth-order valence-electron chi connectivity index (χ4n) is 2.14. The molecule has 2 N–H and O–H groups in total. The zero-order valence-corrected chi connectivity index (χ0v) is 11.4. The fourth-order valence-corrected chi connectivity index (χ4v) is 2.14. The Kier molecular flexibility index (Phi) is 3.23. The van der Waals surface area contributed by atoms with Gasteiger partial charge in [-0.2, -0.15) is 0 Å². The number of nitrogens with zero attached hydrogens (tertiary/aromatic N) is 1. The van der Waals surface area contributed by atoms with Crippen LogP contribution in [0.25, 0.3) is 22.3 Å². The number of hydrogen-bond acceptors (Lipinski definition) is 3. The molecular formula is C16H13N3O2. The van der Waals surface area contributed by atoms with E-state index in [4.69, 9.17) is 0 Å². The average Bonchev–Trinajstić information content (AvgIpc) is 2.47. The van der Waals surface area contributed by atoms with Crippen LogP contribution in [0.2, 0.25) is 0 Å². The van der Waals surface area contributed by atoms with Gasteiger partial charge < -0.3 is 10.3 Å². The van der Waals surface area contributed by atoms with Gasteiger partial charge in [0.15, 0.2) is 0 Å². The van der Waals surface area contributed by atoms with Crippen molar-refractivity contribution in [2.45, 2.75) is 6.92 Å². The van der Waals surface area contributed by atoms with E-state index in [0.717, 1.165) is 5.56 Å². The number of carbonyl (C=O) groups is 1. The predicted molar refractivity (Wildman–Crippen MR) is 82.1 cm³/mol. The van der Waals surface area contributed by atoms with Crippen molar-refractivity contribution in [2.24, 2.45) is 0 Å². The highest BCUT2D eigenvalue weighted by molar-refractivity contribution is 5.89. The number of fused-ring (bicyclic) bond motifs is 1. The molecule has 1 amide bonds. The second-order valence-electron chi connectivity index (χ2n) is 4.69. The summed E-state index contributed by atoms with van der Waals surface area (Å²) in [5, 5.41) is 3.26. The molecule has 0 aliphatic carbocycles. The minimum absolute atomic E-state index is 0.125. The summed E-state index contributed by atoms with van der Waals surface area (Å²) in [5.41, 5.74) is 1.98. The number of amides is 1. The number of aromatic amines is 1. The smallest absolute Gasteiger partial charge is 0.259 e. The van der Waals surface area contributed by atoms with E-state index >= 15 is 0 Å². The number of aromatic nitrogens is 2. The van der Waals surface area contributed by atoms with Gasteiger partial charge in [-0.15, -0.1) is 0 Å². The molecule has 0 fully saturated rings. The first-order valence-electron chi connectivity index (χ1n) is 6.50. The average molecular weight is 279 g/mol. The largest absolute Gasteiger partial charge is 0.326 e. The number of anilines is 1. The van der Waals surface area contributed by atoms with Crippen LogP contribution in [0, 0.1) is 0 Å². The minimum Gasteiger partial charge on any atom is -0.326 e. The Morgan fingerprint density at radius 3 is 2.52 bits per heavy atom. The van der Waals surface area contributed by atoms with Crippen LogP contribution >= 0.6 is 0 Å². The first-order valence-corrected chi connectivity index (χ1v) is 6.50. The Morgan fingerprint density at radius 1 is 1.10 bits per heavy atom. The number of benzene rings is 2. The lowest BCUT2D eigenvalue weighted by molar-refractivity contribution is -0.114. The molecule has 1 aromatic heterocycles. The van der Waals surface area contributed by atoms with Gasteiger partial charge in [0.2, 0.25) is 5.91 Å². The summed E-state index contributed by atoms with van der Waals surface area (Å²) in [5.74, 6) is 0.382. The van der Waals surface area contributed by atoms with Gasteiger partial charge >= 0.3 is 0 Å². The van der Waals surface area contributed by atoms with Crippen molar-refractivity contribution in [3.63, 3.8) is 0 Å². The Labute approximate surface area is 120 Å². The molecule has 0 atom stereocenters. The van der Waals surface area contributed by atoms with Crippen LogP contribution in [-0.2, 0) is 4.79 Å². The molecule has 5 heteroatoms. The van der Waals surface area contributed by atoms with Gasteiger partial charge in [0.1, 0.15) is 5.82 Å². The van der Waals surface area contributed by atoms with Gasteiger partial charge in [-0.25, -0.2) is 4.98 Å². The Morgan fingerprint density at radius 2 is 1.81 bits per heavy atom. The zero-order chi connectivity index (χ0) is 14.8. The van der Waals surface area contributed by atoms with E-state index in [1.807, 2.05) is 6.07 Å². The van der Waals surface area contributed by atoms with Gasteiger partial charge in [-0.05, 0) is 36.4 Å². The summed E-state index contributed by atoms with van der Waals surface area (Å²) in [6.45, 7) is 1.45.